The highest BCUT2D eigenvalue weighted by molar-refractivity contribution is 5.68. The first-order valence-corrected chi connectivity index (χ1v) is 9.52. The van der Waals surface area contributed by atoms with Crippen LogP contribution in [0.5, 0.6) is 0 Å². The fraction of sp³-hybridized carbons (Fsp3) is 0.947. The van der Waals surface area contributed by atoms with Crippen LogP contribution in [0.25, 0.3) is 0 Å². The van der Waals surface area contributed by atoms with Crippen LogP contribution in [0.1, 0.15) is 72.6 Å². The first kappa shape index (κ1) is 17.1. The van der Waals surface area contributed by atoms with Crippen LogP contribution in [-0.4, -0.2) is 53.2 Å². The number of carbonyl (C=O) groups is 1. The Hall–Kier alpha value is -0.770. The molecule has 1 aliphatic carbocycles. The van der Waals surface area contributed by atoms with Gasteiger partial charge < -0.3 is 9.64 Å². The summed E-state index contributed by atoms with van der Waals surface area (Å²) in [4.78, 5) is 17.0. The summed E-state index contributed by atoms with van der Waals surface area (Å²) in [5.74, 6) is 0. The average molecular weight is 322 g/mol. The zero-order chi connectivity index (χ0) is 16.7. The van der Waals surface area contributed by atoms with Crippen LogP contribution < -0.4 is 0 Å². The van der Waals surface area contributed by atoms with Crippen molar-refractivity contribution in [2.45, 2.75) is 90.3 Å². The van der Waals surface area contributed by atoms with Gasteiger partial charge in [0.15, 0.2) is 0 Å². The van der Waals surface area contributed by atoms with Crippen molar-refractivity contribution in [1.29, 1.82) is 0 Å². The first-order chi connectivity index (χ1) is 10.8. The maximum absolute atomic E-state index is 12.4. The van der Waals surface area contributed by atoms with Gasteiger partial charge in [-0.15, -0.1) is 0 Å². The molecule has 23 heavy (non-hydrogen) atoms. The van der Waals surface area contributed by atoms with Crippen molar-refractivity contribution in [3.63, 3.8) is 0 Å². The van der Waals surface area contributed by atoms with Gasteiger partial charge in [0, 0.05) is 25.2 Å². The van der Waals surface area contributed by atoms with Gasteiger partial charge in [0.2, 0.25) is 0 Å². The van der Waals surface area contributed by atoms with Crippen LogP contribution in [-0.2, 0) is 4.74 Å². The maximum atomic E-state index is 12.4. The Balaban J connectivity index is 1.55. The van der Waals surface area contributed by atoms with Crippen molar-refractivity contribution in [2.75, 3.05) is 19.6 Å². The van der Waals surface area contributed by atoms with Gasteiger partial charge in [-0.1, -0.05) is 6.42 Å². The molecule has 132 valence electrons. The average Bonchev–Trinajstić information content (AvgIpc) is 2.43. The largest absolute Gasteiger partial charge is 0.444 e. The molecule has 3 fully saturated rings. The Morgan fingerprint density at radius 2 is 1.83 bits per heavy atom. The molecule has 1 spiro atoms. The summed E-state index contributed by atoms with van der Waals surface area (Å²) >= 11 is 0. The molecule has 0 N–H and O–H groups in total. The molecule has 0 aromatic carbocycles. The van der Waals surface area contributed by atoms with Gasteiger partial charge in [0.25, 0.3) is 0 Å². The van der Waals surface area contributed by atoms with Crippen LogP contribution in [0.4, 0.5) is 4.79 Å². The Morgan fingerprint density at radius 1 is 1.13 bits per heavy atom. The second-order valence-corrected chi connectivity index (χ2v) is 9.13. The summed E-state index contributed by atoms with van der Waals surface area (Å²) in [7, 11) is 0. The Morgan fingerprint density at radius 3 is 2.39 bits per heavy atom. The smallest absolute Gasteiger partial charge is 0.410 e. The van der Waals surface area contributed by atoms with Crippen LogP contribution in [0, 0.1) is 5.41 Å². The van der Waals surface area contributed by atoms with E-state index in [1.54, 1.807) is 0 Å². The molecule has 4 heteroatoms. The number of piperidine rings is 2. The predicted octanol–water partition coefficient (Wildman–Crippen LogP) is 4.04. The molecule has 2 heterocycles. The van der Waals surface area contributed by atoms with Crippen molar-refractivity contribution >= 4 is 6.09 Å². The minimum atomic E-state index is -0.406. The summed E-state index contributed by atoms with van der Waals surface area (Å²) in [5.41, 5.74) is 0.251. The SMILES string of the molecule is CC1CC(N2CCCC3(CCC3)C2)CCN1C(=O)OC(C)(C)C. The lowest BCUT2D eigenvalue weighted by Gasteiger charge is -2.52. The number of ether oxygens (including phenoxy) is 1. The molecule has 0 bridgehead atoms. The quantitative estimate of drug-likeness (QED) is 0.730. The highest BCUT2D eigenvalue weighted by Gasteiger charge is 2.43. The van der Waals surface area contributed by atoms with Crippen LogP contribution in [0.3, 0.4) is 0 Å². The van der Waals surface area contributed by atoms with E-state index in [-0.39, 0.29) is 12.1 Å². The van der Waals surface area contributed by atoms with E-state index in [9.17, 15) is 4.79 Å². The molecule has 2 unspecified atom stereocenters. The van der Waals surface area contributed by atoms with Gasteiger partial charge in [-0.25, -0.2) is 4.79 Å². The summed E-state index contributed by atoms with van der Waals surface area (Å²) < 4.78 is 5.56. The van der Waals surface area contributed by atoms with Crippen molar-refractivity contribution in [3.8, 4) is 0 Å². The molecule has 1 amide bonds. The van der Waals surface area contributed by atoms with Crippen molar-refractivity contribution < 1.29 is 9.53 Å². The number of carbonyl (C=O) groups excluding carboxylic acids is 1. The van der Waals surface area contributed by atoms with Gasteiger partial charge in [0.1, 0.15) is 5.60 Å². The fourth-order valence-corrected chi connectivity index (χ4v) is 4.71. The number of amides is 1. The first-order valence-electron chi connectivity index (χ1n) is 9.52. The van der Waals surface area contributed by atoms with Gasteiger partial charge in [-0.3, -0.25) is 4.90 Å². The summed E-state index contributed by atoms with van der Waals surface area (Å²) in [5, 5.41) is 0. The van der Waals surface area contributed by atoms with Gasteiger partial charge in [0.05, 0.1) is 0 Å². The molecule has 3 rings (SSSR count). The number of rotatable bonds is 1. The number of nitrogens with zero attached hydrogens (tertiary/aromatic N) is 2. The molecule has 2 saturated heterocycles. The normalized spacial score (nSPS) is 31.7. The molecule has 2 aliphatic heterocycles. The highest BCUT2D eigenvalue weighted by atomic mass is 16.6. The lowest BCUT2D eigenvalue weighted by Crippen LogP contribution is -2.56. The van der Waals surface area contributed by atoms with Crippen molar-refractivity contribution in [2.24, 2.45) is 5.41 Å². The van der Waals surface area contributed by atoms with E-state index in [1.165, 1.54) is 45.2 Å². The summed E-state index contributed by atoms with van der Waals surface area (Å²) in [6, 6.07) is 0.935. The molecule has 0 radical (unpaired) electrons. The molecule has 3 aliphatic rings. The molecule has 1 saturated carbocycles. The Labute approximate surface area is 141 Å². The topological polar surface area (TPSA) is 32.8 Å². The molecule has 0 aromatic rings. The van der Waals surface area contributed by atoms with E-state index in [4.69, 9.17) is 4.74 Å². The third-order valence-electron chi connectivity index (χ3n) is 6.10. The Bertz CT molecular complexity index is 439. The van der Waals surface area contributed by atoms with Crippen molar-refractivity contribution in [1.82, 2.24) is 9.80 Å². The van der Waals surface area contributed by atoms with Crippen molar-refractivity contribution in [3.05, 3.63) is 0 Å². The van der Waals surface area contributed by atoms with Crippen LogP contribution in [0.2, 0.25) is 0 Å². The highest BCUT2D eigenvalue weighted by Crippen LogP contribution is 2.48. The number of hydrogen-bond donors (Lipinski definition) is 0. The molecule has 0 aromatic heterocycles. The standard InChI is InChI=1S/C19H34N2O2/c1-15-13-16(7-12-21(15)17(22)23-18(2,3)4)20-11-6-10-19(14-20)8-5-9-19/h15-16H,5-14H2,1-4H3. The van der Waals surface area contributed by atoms with E-state index in [0.717, 1.165) is 19.4 Å². The van der Waals surface area contributed by atoms with Crippen LogP contribution >= 0.6 is 0 Å². The predicted molar refractivity (Wildman–Crippen MR) is 92.5 cm³/mol. The number of hydrogen-bond acceptors (Lipinski definition) is 3. The van der Waals surface area contributed by atoms with Gasteiger partial charge >= 0.3 is 6.09 Å². The van der Waals surface area contributed by atoms with E-state index in [2.05, 4.69) is 11.8 Å². The minimum absolute atomic E-state index is 0.141. The zero-order valence-electron chi connectivity index (χ0n) is 15.4. The minimum Gasteiger partial charge on any atom is -0.444 e. The zero-order valence-corrected chi connectivity index (χ0v) is 15.4. The fourth-order valence-electron chi connectivity index (χ4n) is 4.71. The van der Waals surface area contributed by atoms with Crippen LogP contribution in [0.15, 0.2) is 0 Å². The van der Waals surface area contributed by atoms with E-state index < -0.39 is 5.60 Å². The second kappa shape index (κ2) is 6.27. The van der Waals surface area contributed by atoms with E-state index in [0.29, 0.717) is 11.5 Å². The Kier molecular flexibility index (Phi) is 4.65. The van der Waals surface area contributed by atoms with E-state index in [1.807, 2.05) is 25.7 Å². The monoisotopic (exact) mass is 322 g/mol. The molecular formula is C19H34N2O2. The number of likely N-dealkylation sites (tertiary alicyclic amines) is 2. The lowest BCUT2D eigenvalue weighted by molar-refractivity contribution is -0.0297. The summed E-state index contributed by atoms with van der Waals surface area (Å²) in [6.07, 6.45) is 9.16. The second-order valence-electron chi connectivity index (χ2n) is 9.13. The molecule has 2 atom stereocenters. The van der Waals surface area contributed by atoms with Gasteiger partial charge in [-0.05, 0) is 78.2 Å². The third-order valence-corrected chi connectivity index (χ3v) is 6.10. The van der Waals surface area contributed by atoms with Gasteiger partial charge in [-0.2, -0.15) is 0 Å². The molecular weight excluding hydrogens is 288 g/mol. The third kappa shape index (κ3) is 3.84. The molecule has 4 nitrogen and oxygen atoms in total. The summed E-state index contributed by atoms with van der Waals surface area (Å²) in [6.45, 7) is 11.4. The maximum Gasteiger partial charge on any atom is 0.410 e. The van der Waals surface area contributed by atoms with E-state index >= 15 is 0 Å². The lowest BCUT2D eigenvalue weighted by atomic mass is 9.64.